The number of carbonyl (C=O) groups is 2. The van der Waals surface area contributed by atoms with Crippen LogP contribution in [0.5, 0.6) is 0 Å². The summed E-state index contributed by atoms with van der Waals surface area (Å²) >= 11 is 2.84. The number of hydrogen-bond acceptors (Lipinski definition) is 8. The van der Waals surface area contributed by atoms with Gasteiger partial charge in [-0.3, -0.25) is 9.59 Å². The van der Waals surface area contributed by atoms with Crippen LogP contribution in [0.4, 0.5) is 5.13 Å². The van der Waals surface area contributed by atoms with Crippen LogP contribution in [0.25, 0.3) is 0 Å². The van der Waals surface area contributed by atoms with Crippen molar-refractivity contribution in [3.63, 3.8) is 0 Å². The predicted octanol–water partition coefficient (Wildman–Crippen LogP) is 5.75. The molecule has 7 nitrogen and oxygen atoms in total. The third-order valence-corrected chi connectivity index (χ3v) is 18.3. The zero-order valence-corrected chi connectivity index (χ0v) is 27.0. The molecule has 1 saturated heterocycles. The lowest BCUT2D eigenvalue weighted by molar-refractivity contribution is -0.109. The molecule has 1 aliphatic rings. The fourth-order valence-corrected chi connectivity index (χ4v) is 6.77. The summed E-state index contributed by atoms with van der Waals surface area (Å²) < 4.78 is 12.9. The molecule has 2 rings (SSSR count). The number of aromatic nitrogens is 1. The summed E-state index contributed by atoms with van der Waals surface area (Å²) in [4.78, 5) is 31.1. The van der Waals surface area contributed by atoms with E-state index in [1.807, 2.05) is 0 Å². The first-order chi connectivity index (χ1) is 15.8. The molecule has 2 heterocycles. The summed E-state index contributed by atoms with van der Waals surface area (Å²) in [6.07, 6.45) is 0. The van der Waals surface area contributed by atoms with Gasteiger partial charge in [-0.1, -0.05) is 53.3 Å². The molecule has 0 aromatic carbocycles. The predicted molar refractivity (Wildman–Crippen MR) is 154 cm³/mol. The van der Waals surface area contributed by atoms with Gasteiger partial charge in [-0.2, -0.15) is 0 Å². The molecule has 1 N–H and O–H groups in total. The highest BCUT2D eigenvalue weighted by atomic mass is 32.2. The van der Waals surface area contributed by atoms with E-state index in [1.54, 1.807) is 12.3 Å². The third-order valence-electron chi connectivity index (χ3n) is 7.41. The SMILES string of the molecule is CC(=O)SC1CN(c2nc(C(=O)NC(CO[Si](C)(C)C(C)(C)C)CO[Si](C)(C)C(C)(C)C)cs2)C1. The van der Waals surface area contributed by atoms with Gasteiger partial charge in [-0.15, -0.1) is 11.3 Å². The van der Waals surface area contributed by atoms with Crippen molar-refractivity contribution in [2.45, 2.75) is 96.0 Å². The van der Waals surface area contributed by atoms with Crippen LogP contribution in [-0.2, 0) is 13.6 Å². The molecule has 0 saturated carbocycles. The van der Waals surface area contributed by atoms with E-state index in [9.17, 15) is 9.59 Å². The van der Waals surface area contributed by atoms with Crippen LogP contribution >= 0.6 is 23.1 Å². The first-order valence-corrected chi connectivity index (χ1v) is 19.9. The second-order valence-corrected chi connectivity index (χ2v) is 24.4. The van der Waals surface area contributed by atoms with Crippen LogP contribution in [0.2, 0.25) is 36.3 Å². The molecule has 1 aromatic heterocycles. The van der Waals surface area contributed by atoms with Crippen LogP contribution in [0.15, 0.2) is 5.38 Å². The maximum Gasteiger partial charge on any atom is 0.271 e. The smallest absolute Gasteiger partial charge is 0.271 e. The number of thiazole rings is 1. The van der Waals surface area contributed by atoms with Crippen molar-refractivity contribution in [3.05, 3.63) is 11.1 Å². The molecule has 0 aliphatic carbocycles. The number of carbonyl (C=O) groups excluding carboxylic acids is 2. The molecule has 0 bridgehead atoms. The van der Waals surface area contributed by atoms with Gasteiger partial charge < -0.3 is 19.1 Å². The first-order valence-electron chi connectivity index (χ1n) is 12.3. The molecular weight excluding hydrogens is 515 g/mol. The minimum Gasteiger partial charge on any atom is -0.415 e. The average Bonchev–Trinajstić information content (AvgIpc) is 3.14. The Labute approximate surface area is 222 Å². The monoisotopic (exact) mass is 559 g/mol. The van der Waals surface area contributed by atoms with Gasteiger partial charge in [0.1, 0.15) is 5.69 Å². The van der Waals surface area contributed by atoms with Crippen LogP contribution in [0, 0.1) is 0 Å². The third kappa shape index (κ3) is 8.39. The maximum atomic E-state index is 13.1. The summed E-state index contributed by atoms with van der Waals surface area (Å²) in [7, 11) is -3.96. The Morgan fingerprint density at radius 3 is 2.00 bits per heavy atom. The lowest BCUT2D eigenvalue weighted by Gasteiger charge is -2.39. The van der Waals surface area contributed by atoms with Gasteiger partial charge >= 0.3 is 0 Å². The van der Waals surface area contributed by atoms with Crippen LogP contribution in [0.3, 0.4) is 0 Å². The van der Waals surface area contributed by atoms with Crippen molar-refractivity contribution in [3.8, 4) is 0 Å². The molecule has 0 radical (unpaired) electrons. The van der Waals surface area contributed by atoms with Crippen molar-refractivity contribution in [2.75, 3.05) is 31.2 Å². The fourth-order valence-electron chi connectivity index (χ4n) is 2.86. The molecule has 35 heavy (non-hydrogen) atoms. The largest absolute Gasteiger partial charge is 0.415 e. The lowest BCUT2D eigenvalue weighted by atomic mass is 10.2. The Bertz CT molecular complexity index is 858. The van der Waals surface area contributed by atoms with E-state index >= 15 is 0 Å². The van der Waals surface area contributed by atoms with E-state index in [1.165, 1.54) is 23.1 Å². The van der Waals surface area contributed by atoms with Gasteiger partial charge in [0.2, 0.25) is 0 Å². The second-order valence-electron chi connectivity index (χ2n) is 12.5. The summed E-state index contributed by atoms with van der Waals surface area (Å²) in [6, 6.07) is -0.253. The number of hydrogen-bond donors (Lipinski definition) is 1. The first kappa shape index (κ1) is 30.5. The Kier molecular flexibility index (Phi) is 9.88. The zero-order valence-electron chi connectivity index (χ0n) is 23.4. The molecule has 1 fully saturated rings. The summed E-state index contributed by atoms with van der Waals surface area (Å²) in [5.74, 6) is -0.203. The number of rotatable bonds is 10. The molecule has 200 valence electrons. The zero-order chi connectivity index (χ0) is 26.8. The Hall–Kier alpha value is -0.726. The van der Waals surface area contributed by atoms with E-state index in [0.29, 0.717) is 24.2 Å². The van der Waals surface area contributed by atoms with Crippen molar-refractivity contribution in [1.82, 2.24) is 10.3 Å². The summed E-state index contributed by atoms with van der Waals surface area (Å²) in [5.41, 5.74) is 0.414. The molecule has 0 spiro atoms. The van der Waals surface area contributed by atoms with Gasteiger partial charge in [-0.05, 0) is 36.3 Å². The van der Waals surface area contributed by atoms with E-state index in [4.69, 9.17) is 8.85 Å². The Balaban J connectivity index is 2.06. The van der Waals surface area contributed by atoms with E-state index in [-0.39, 0.29) is 27.1 Å². The van der Waals surface area contributed by atoms with Crippen LogP contribution in [-0.4, -0.2) is 70.2 Å². The highest BCUT2D eigenvalue weighted by Gasteiger charge is 2.40. The molecule has 0 atom stereocenters. The Morgan fingerprint density at radius 2 is 1.57 bits per heavy atom. The normalized spacial score (nSPS) is 15.9. The lowest BCUT2D eigenvalue weighted by Crippen LogP contribution is -2.50. The molecular formula is C24H45N3O4S2Si2. The second kappa shape index (κ2) is 11.3. The highest BCUT2D eigenvalue weighted by Crippen LogP contribution is 2.38. The minimum atomic E-state index is -1.98. The standard InChI is InChI=1S/C24H45N3O4S2Si2/c1-17(28)33-19-12-27(13-19)22-26-20(16-32-22)21(29)25-18(14-30-34(8,9)23(2,3)4)15-31-35(10,11)24(5,6)7/h16,18-19H,12-15H2,1-11H3,(H,25,29). The van der Waals surface area contributed by atoms with E-state index < -0.39 is 16.6 Å². The van der Waals surface area contributed by atoms with Crippen LogP contribution < -0.4 is 10.2 Å². The van der Waals surface area contributed by atoms with Crippen molar-refractivity contribution in [2.24, 2.45) is 0 Å². The number of nitrogens with one attached hydrogen (secondary N) is 1. The van der Waals surface area contributed by atoms with E-state index in [0.717, 1.165) is 18.2 Å². The van der Waals surface area contributed by atoms with Gasteiger partial charge in [-0.25, -0.2) is 4.98 Å². The minimum absolute atomic E-state index is 0.0847. The molecule has 1 amide bonds. The number of thioether (sulfide) groups is 1. The topological polar surface area (TPSA) is 80.8 Å². The van der Waals surface area contributed by atoms with Crippen molar-refractivity contribution in [1.29, 1.82) is 0 Å². The molecule has 0 unspecified atom stereocenters. The van der Waals surface area contributed by atoms with Gasteiger partial charge in [0, 0.05) is 30.6 Å². The quantitative estimate of drug-likeness (QED) is 0.365. The number of amides is 1. The summed E-state index contributed by atoms with van der Waals surface area (Å²) in [5, 5.41) is 6.37. The fraction of sp³-hybridized carbons (Fsp3) is 0.792. The maximum absolute atomic E-state index is 13.1. The van der Waals surface area contributed by atoms with Crippen molar-refractivity contribution < 1.29 is 18.4 Å². The Morgan fingerprint density at radius 1 is 1.09 bits per heavy atom. The molecule has 11 heteroatoms. The molecule has 1 aromatic rings. The van der Waals surface area contributed by atoms with Gasteiger partial charge in [0.05, 0.1) is 19.3 Å². The van der Waals surface area contributed by atoms with Crippen molar-refractivity contribution >= 4 is 55.9 Å². The highest BCUT2D eigenvalue weighted by molar-refractivity contribution is 8.14. The number of nitrogens with zero attached hydrogens (tertiary/aromatic N) is 2. The van der Waals surface area contributed by atoms with Crippen LogP contribution in [0.1, 0.15) is 59.0 Å². The summed E-state index contributed by atoms with van der Waals surface area (Å²) in [6.45, 7) is 26.2. The van der Waals surface area contributed by atoms with Gasteiger partial charge in [0.25, 0.3) is 5.91 Å². The molecule has 1 aliphatic heterocycles. The van der Waals surface area contributed by atoms with E-state index in [2.05, 4.69) is 82.9 Å². The van der Waals surface area contributed by atoms with Gasteiger partial charge in [0.15, 0.2) is 26.9 Å². The average molecular weight is 560 g/mol. The number of anilines is 1.